The molecule has 0 saturated heterocycles. The molecule has 0 amide bonds. The lowest BCUT2D eigenvalue weighted by Crippen LogP contribution is -2.21. The van der Waals surface area contributed by atoms with E-state index in [9.17, 15) is 23.1 Å². The van der Waals surface area contributed by atoms with E-state index in [0.717, 1.165) is 33.9 Å². The van der Waals surface area contributed by atoms with Crippen molar-refractivity contribution in [3.8, 4) is 5.88 Å². The Bertz CT molecular complexity index is 1320. The number of hydrogen-bond acceptors (Lipinski definition) is 4. The molecule has 1 N–H and O–H groups in total. The van der Waals surface area contributed by atoms with Crippen LogP contribution in [0.15, 0.2) is 54.7 Å². The number of hydrogen-bond donors (Lipinski definition) is 1. The lowest BCUT2D eigenvalue weighted by molar-refractivity contribution is -0.140. The fourth-order valence-electron chi connectivity index (χ4n) is 5.66. The van der Waals surface area contributed by atoms with Crippen molar-refractivity contribution < 1.29 is 32.5 Å². The Hall–Kier alpha value is -3.39. The maximum absolute atomic E-state index is 13.6. The van der Waals surface area contributed by atoms with Gasteiger partial charge in [-0.3, -0.25) is 4.79 Å². The lowest BCUT2D eigenvalue weighted by Gasteiger charge is -2.29. The number of halogens is 3. The molecule has 1 fully saturated rings. The van der Waals surface area contributed by atoms with Crippen LogP contribution in [0.5, 0.6) is 5.88 Å². The normalized spacial score (nSPS) is 24.3. The average molecular weight is 481 g/mol. The molecule has 2 aliphatic carbocycles. The molecule has 3 aromatic rings. The van der Waals surface area contributed by atoms with Gasteiger partial charge in [-0.1, -0.05) is 30.3 Å². The number of ether oxygens (including phenoxy) is 2. The molecule has 180 valence electrons. The zero-order valence-electron chi connectivity index (χ0n) is 18.6. The second-order valence-electron chi connectivity index (χ2n) is 9.39. The van der Waals surface area contributed by atoms with E-state index in [1.54, 1.807) is 12.3 Å². The monoisotopic (exact) mass is 481 g/mol. The van der Waals surface area contributed by atoms with Gasteiger partial charge in [0, 0.05) is 18.2 Å². The number of carbonyl (C=O) groups is 1. The molecule has 5 nitrogen and oxygen atoms in total. The van der Waals surface area contributed by atoms with Crippen LogP contribution in [-0.4, -0.2) is 22.7 Å². The highest BCUT2D eigenvalue weighted by Gasteiger charge is 2.59. The number of pyridine rings is 1. The number of aliphatic carboxylic acids is 1. The van der Waals surface area contributed by atoms with Gasteiger partial charge in [-0.05, 0) is 64.3 Å². The molecule has 2 heterocycles. The van der Waals surface area contributed by atoms with Gasteiger partial charge in [0.25, 0.3) is 0 Å². The predicted molar refractivity (Wildman–Crippen MR) is 119 cm³/mol. The van der Waals surface area contributed by atoms with Crippen LogP contribution in [-0.2, 0) is 35.2 Å². The number of nitrogens with zero attached hydrogens (tertiary/aromatic N) is 1. The number of carboxylic acid groups (broad SMARTS) is 1. The van der Waals surface area contributed by atoms with E-state index in [2.05, 4.69) is 4.98 Å². The molecular formula is C27H22F3NO4. The Morgan fingerprint density at radius 1 is 1.09 bits per heavy atom. The van der Waals surface area contributed by atoms with E-state index in [1.165, 1.54) is 12.1 Å². The maximum atomic E-state index is 13.6. The Kier molecular flexibility index (Phi) is 5.11. The predicted octanol–water partition coefficient (Wildman–Crippen LogP) is 5.31. The Labute approximate surface area is 199 Å². The smallest absolute Gasteiger partial charge is 0.416 e. The molecule has 0 bridgehead atoms. The minimum absolute atomic E-state index is 0.0567. The first-order valence-electron chi connectivity index (χ1n) is 11.5. The molecule has 2 aromatic carbocycles. The molecular weight excluding hydrogens is 459 g/mol. The number of fused-ring (bicyclic) bond motifs is 4. The summed E-state index contributed by atoms with van der Waals surface area (Å²) in [6.45, 7) is 0.556. The van der Waals surface area contributed by atoms with Crippen LogP contribution in [0.1, 0.15) is 51.0 Å². The van der Waals surface area contributed by atoms with Gasteiger partial charge in [-0.2, -0.15) is 13.2 Å². The highest BCUT2D eigenvalue weighted by molar-refractivity contribution is 5.77. The zero-order chi connectivity index (χ0) is 24.3. The van der Waals surface area contributed by atoms with E-state index in [1.807, 2.05) is 24.3 Å². The van der Waals surface area contributed by atoms with Crippen molar-refractivity contribution in [1.82, 2.24) is 4.98 Å². The summed E-state index contributed by atoms with van der Waals surface area (Å²) in [4.78, 5) is 15.6. The summed E-state index contributed by atoms with van der Waals surface area (Å²) < 4.78 is 52.7. The molecule has 1 saturated carbocycles. The third kappa shape index (κ3) is 3.86. The average Bonchev–Trinajstić information content (AvgIpc) is 3.44. The minimum atomic E-state index is -4.47. The topological polar surface area (TPSA) is 68.7 Å². The Balaban J connectivity index is 1.22. The van der Waals surface area contributed by atoms with Crippen LogP contribution in [0.3, 0.4) is 0 Å². The number of benzene rings is 2. The van der Waals surface area contributed by atoms with E-state index < -0.39 is 23.8 Å². The van der Waals surface area contributed by atoms with Crippen molar-refractivity contribution in [1.29, 1.82) is 0 Å². The molecule has 4 atom stereocenters. The van der Waals surface area contributed by atoms with Gasteiger partial charge < -0.3 is 14.6 Å². The third-order valence-corrected chi connectivity index (χ3v) is 7.35. The van der Waals surface area contributed by atoms with E-state index in [0.29, 0.717) is 25.3 Å². The molecule has 1 aliphatic heterocycles. The third-order valence-electron chi connectivity index (χ3n) is 7.35. The summed E-state index contributed by atoms with van der Waals surface area (Å²) in [6.07, 6.45) is -2.21. The molecule has 6 rings (SSSR count). The molecule has 1 unspecified atom stereocenters. The molecule has 1 aromatic heterocycles. The lowest BCUT2D eigenvalue weighted by atomic mass is 9.89. The van der Waals surface area contributed by atoms with Crippen LogP contribution in [0.25, 0.3) is 0 Å². The van der Waals surface area contributed by atoms with Gasteiger partial charge in [0.2, 0.25) is 5.88 Å². The van der Waals surface area contributed by atoms with E-state index in [-0.39, 0.29) is 29.9 Å². The minimum Gasteiger partial charge on any atom is -0.481 e. The largest absolute Gasteiger partial charge is 0.481 e. The number of aromatic nitrogens is 1. The van der Waals surface area contributed by atoms with Crippen molar-refractivity contribution in [2.75, 3.05) is 6.61 Å². The van der Waals surface area contributed by atoms with Gasteiger partial charge in [-0.25, -0.2) is 4.98 Å². The Morgan fingerprint density at radius 2 is 1.91 bits per heavy atom. The molecule has 0 spiro atoms. The van der Waals surface area contributed by atoms with Crippen molar-refractivity contribution in [3.63, 3.8) is 0 Å². The van der Waals surface area contributed by atoms with Crippen LogP contribution in [0, 0.1) is 11.8 Å². The van der Waals surface area contributed by atoms with E-state index >= 15 is 0 Å². The first-order valence-corrected chi connectivity index (χ1v) is 11.5. The quantitative estimate of drug-likeness (QED) is 0.535. The molecule has 0 radical (unpaired) electrons. The van der Waals surface area contributed by atoms with Crippen LogP contribution in [0.4, 0.5) is 13.2 Å². The van der Waals surface area contributed by atoms with Crippen molar-refractivity contribution in [2.24, 2.45) is 11.8 Å². The summed E-state index contributed by atoms with van der Waals surface area (Å²) >= 11 is 0. The van der Waals surface area contributed by atoms with Crippen molar-refractivity contribution >= 4 is 5.97 Å². The SMILES string of the molecule is O=C(O)[C@H]1[C@@H]2Cc3cc(OCc4ccc5c(c4)C(c4ccccc4C(F)(F)F)OCC5)ncc3[C@@H]21. The van der Waals surface area contributed by atoms with Gasteiger partial charge >= 0.3 is 12.1 Å². The van der Waals surface area contributed by atoms with Gasteiger partial charge in [0.15, 0.2) is 0 Å². The van der Waals surface area contributed by atoms with Crippen LogP contribution < -0.4 is 4.74 Å². The molecule has 8 heteroatoms. The summed E-state index contributed by atoms with van der Waals surface area (Å²) in [7, 11) is 0. The summed E-state index contributed by atoms with van der Waals surface area (Å²) in [5, 5.41) is 9.27. The second kappa shape index (κ2) is 8.09. The first-order chi connectivity index (χ1) is 16.8. The highest BCUT2D eigenvalue weighted by Crippen LogP contribution is 2.61. The maximum Gasteiger partial charge on any atom is 0.416 e. The van der Waals surface area contributed by atoms with Crippen molar-refractivity contribution in [3.05, 3.63) is 93.7 Å². The Morgan fingerprint density at radius 3 is 2.71 bits per heavy atom. The fraction of sp³-hybridized carbons (Fsp3) is 0.333. The summed E-state index contributed by atoms with van der Waals surface area (Å²) in [5.41, 5.74) is 3.97. The van der Waals surface area contributed by atoms with Crippen molar-refractivity contribution in [2.45, 2.75) is 37.6 Å². The summed E-state index contributed by atoms with van der Waals surface area (Å²) in [6, 6.07) is 13.1. The van der Waals surface area contributed by atoms with E-state index in [4.69, 9.17) is 9.47 Å². The standard InChI is InChI=1S/C27H22F3NO4/c28-27(29,30)21-4-2-1-3-17(21)25-18-9-14(5-6-15(18)7-8-34-25)13-35-22-11-16-10-19-23(20(16)12-31-22)24(19)26(32)33/h1-6,9,11-12,19,23-25H,7-8,10,13H2,(H,32,33)/t19-,23-,24+,25?/m1/s1. The highest BCUT2D eigenvalue weighted by atomic mass is 19.4. The van der Waals surface area contributed by atoms with Gasteiger partial charge in [0.05, 0.1) is 18.1 Å². The number of carboxylic acids is 1. The van der Waals surface area contributed by atoms with Gasteiger partial charge in [-0.15, -0.1) is 0 Å². The zero-order valence-corrected chi connectivity index (χ0v) is 18.6. The second-order valence-corrected chi connectivity index (χ2v) is 9.39. The fourth-order valence-corrected chi connectivity index (χ4v) is 5.66. The van der Waals surface area contributed by atoms with Gasteiger partial charge in [0.1, 0.15) is 12.7 Å². The number of rotatable bonds is 5. The number of alkyl halides is 3. The summed E-state index contributed by atoms with van der Waals surface area (Å²) in [5.74, 6) is -0.398. The van der Waals surface area contributed by atoms with Crippen LogP contribution in [0.2, 0.25) is 0 Å². The van der Waals surface area contributed by atoms with Crippen LogP contribution >= 0.6 is 0 Å². The molecule has 3 aliphatic rings. The molecule has 35 heavy (non-hydrogen) atoms. The first kappa shape index (κ1) is 22.1.